The van der Waals surface area contributed by atoms with Crippen molar-refractivity contribution in [2.75, 3.05) is 18.1 Å². The highest BCUT2D eigenvalue weighted by molar-refractivity contribution is 7.14. The lowest BCUT2D eigenvalue weighted by Crippen LogP contribution is -2.30. The maximum atomic E-state index is 14.0. The van der Waals surface area contributed by atoms with E-state index in [2.05, 4.69) is 16.9 Å². The zero-order valence-corrected chi connectivity index (χ0v) is 22.1. The van der Waals surface area contributed by atoms with Crippen LogP contribution in [0.5, 0.6) is 5.75 Å². The SMILES string of the molecule is CCCCCCCCOc1ccc(N(C(=O)COC(C)=O)c2nc(-c3cccnc3)cs2)cc1C(F)(F)F. The Morgan fingerprint density at radius 3 is 2.53 bits per heavy atom. The molecule has 2 heterocycles. The van der Waals surface area contributed by atoms with Crippen molar-refractivity contribution in [2.45, 2.75) is 58.5 Å². The van der Waals surface area contributed by atoms with E-state index in [1.165, 1.54) is 12.1 Å². The molecule has 7 nitrogen and oxygen atoms in total. The number of thiazole rings is 1. The quantitative estimate of drug-likeness (QED) is 0.166. The van der Waals surface area contributed by atoms with Crippen LogP contribution in [0.25, 0.3) is 11.3 Å². The zero-order chi connectivity index (χ0) is 27.5. The van der Waals surface area contributed by atoms with Gasteiger partial charge in [-0.05, 0) is 36.8 Å². The number of nitrogens with zero attached hydrogens (tertiary/aromatic N) is 3. The van der Waals surface area contributed by atoms with Gasteiger partial charge < -0.3 is 9.47 Å². The first-order chi connectivity index (χ1) is 18.2. The average Bonchev–Trinajstić information content (AvgIpc) is 3.37. The fraction of sp³-hybridized carbons (Fsp3) is 0.407. The zero-order valence-electron chi connectivity index (χ0n) is 21.3. The molecule has 0 bridgehead atoms. The lowest BCUT2D eigenvalue weighted by Gasteiger charge is -2.22. The van der Waals surface area contributed by atoms with E-state index in [-0.39, 0.29) is 23.2 Å². The molecule has 0 saturated heterocycles. The number of esters is 1. The summed E-state index contributed by atoms with van der Waals surface area (Å²) < 4.78 is 52.4. The summed E-state index contributed by atoms with van der Waals surface area (Å²) in [6.45, 7) is 2.75. The van der Waals surface area contributed by atoms with Crippen molar-refractivity contribution in [1.82, 2.24) is 9.97 Å². The Bertz CT molecular complexity index is 1200. The van der Waals surface area contributed by atoms with Gasteiger partial charge in [-0.15, -0.1) is 11.3 Å². The number of pyridine rings is 1. The Labute approximate surface area is 223 Å². The fourth-order valence-electron chi connectivity index (χ4n) is 3.67. The van der Waals surface area contributed by atoms with Crippen LogP contribution in [0, 0.1) is 0 Å². The minimum atomic E-state index is -4.72. The largest absolute Gasteiger partial charge is 0.493 e. The molecule has 0 aliphatic carbocycles. The van der Waals surface area contributed by atoms with Gasteiger partial charge in [0, 0.05) is 30.3 Å². The summed E-state index contributed by atoms with van der Waals surface area (Å²) in [5, 5.41) is 1.79. The molecule has 204 valence electrons. The lowest BCUT2D eigenvalue weighted by molar-refractivity contribution is -0.145. The smallest absolute Gasteiger partial charge is 0.420 e. The number of anilines is 2. The van der Waals surface area contributed by atoms with Gasteiger partial charge in [0.15, 0.2) is 11.7 Å². The number of unbranched alkanes of at least 4 members (excludes halogenated alkanes) is 5. The van der Waals surface area contributed by atoms with Crippen LogP contribution >= 0.6 is 11.3 Å². The molecule has 0 saturated carbocycles. The molecule has 0 unspecified atom stereocenters. The van der Waals surface area contributed by atoms with Crippen LogP contribution in [-0.2, 0) is 20.5 Å². The van der Waals surface area contributed by atoms with E-state index in [4.69, 9.17) is 9.47 Å². The lowest BCUT2D eigenvalue weighted by atomic mass is 10.1. The Morgan fingerprint density at radius 2 is 1.84 bits per heavy atom. The number of carbonyl (C=O) groups excluding carboxylic acids is 2. The molecule has 3 aromatic rings. The molecule has 0 spiro atoms. The summed E-state index contributed by atoms with van der Waals surface area (Å²) >= 11 is 1.07. The van der Waals surface area contributed by atoms with E-state index in [1.54, 1.807) is 29.9 Å². The molecule has 0 fully saturated rings. The first kappa shape index (κ1) is 29.1. The second kappa shape index (κ2) is 13.9. The number of carbonyl (C=O) groups is 2. The number of halogens is 3. The molecule has 11 heteroatoms. The predicted octanol–water partition coefficient (Wildman–Crippen LogP) is 7.19. The molecule has 0 aliphatic rings. The Kier molecular flexibility index (Phi) is 10.6. The second-order valence-electron chi connectivity index (χ2n) is 8.56. The monoisotopic (exact) mass is 549 g/mol. The van der Waals surface area contributed by atoms with Crippen LogP contribution in [0.1, 0.15) is 57.9 Å². The van der Waals surface area contributed by atoms with Gasteiger partial charge in [-0.1, -0.05) is 39.0 Å². The summed E-state index contributed by atoms with van der Waals surface area (Å²) in [5.41, 5.74) is 0.0962. The van der Waals surface area contributed by atoms with Gasteiger partial charge in [0.25, 0.3) is 5.91 Å². The minimum Gasteiger partial charge on any atom is -0.493 e. The molecular formula is C27H30F3N3O4S. The van der Waals surface area contributed by atoms with Gasteiger partial charge in [0.1, 0.15) is 5.75 Å². The van der Waals surface area contributed by atoms with Crippen LogP contribution in [0.4, 0.5) is 24.0 Å². The van der Waals surface area contributed by atoms with Gasteiger partial charge in [-0.3, -0.25) is 19.5 Å². The Morgan fingerprint density at radius 1 is 1.08 bits per heavy atom. The molecule has 1 amide bonds. The van der Waals surface area contributed by atoms with Crippen LogP contribution in [0.2, 0.25) is 0 Å². The van der Waals surface area contributed by atoms with Crippen LogP contribution in [0.15, 0.2) is 48.1 Å². The first-order valence-corrected chi connectivity index (χ1v) is 13.2. The van der Waals surface area contributed by atoms with Crippen LogP contribution in [-0.4, -0.2) is 35.1 Å². The first-order valence-electron chi connectivity index (χ1n) is 12.4. The fourth-order valence-corrected chi connectivity index (χ4v) is 4.54. The van der Waals surface area contributed by atoms with Gasteiger partial charge in [-0.2, -0.15) is 13.2 Å². The van der Waals surface area contributed by atoms with E-state index >= 15 is 0 Å². The van der Waals surface area contributed by atoms with E-state index < -0.39 is 30.2 Å². The van der Waals surface area contributed by atoms with Crippen molar-refractivity contribution in [2.24, 2.45) is 0 Å². The summed E-state index contributed by atoms with van der Waals surface area (Å²) in [6, 6.07) is 6.92. The van der Waals surface area contributed by atoms with E-state index in [0.29, 0.717) is 17.7 Å². The highest BCUT2D eigenvalue weighted by atomic mass is 32.1. The molecular weight excluding hydrogens is 519 g/mol. The van der Waals surface area contributed by atoms with E-state index in [0.717, 1.165) is 61.3 Å². The molecule has 0 atom stereocenters. The van der Waals surface area contributed by atoms with Crippen LogP contribution < -0.4 is 9.64 Å². The second-order valence-corrected chi connectivity index (χ2v) is 9.40. The number of hydrogen-bond acceptors (Lipinski definition) is 7. The molecule has 0 N–H and O–H groups in total. The molecule has 38 heavy (non-hydrogen) atoms. The third-order valence-corrected chi connectivity index (χ3v) is 6.40. The summed E-state index contributed by atoms with van der Waals surface area (Å²) in [7, 11) is 0. The van der Waals surface area contributed by atoms with Crippen molar-refractivity contribution < 1.29 is 32.2 Å². The van der Waals surface area contributed by atoms with Gasteiger partial charge in [0.2, 0.25) is 0 Å². The number of amides is 1. The number of ether oxygens (including phenoxy) is 2. The Hall–Kier alpha value is -3.47. The van der Waals surface area contributed by atoms with Crippen molar-refractivity contribution >= 4 is 34.0 Å². The number of benzene rings is 1. The summed E-state index contributed by atoms with van der Waals surface area (Å²) in [5.74, 6) is -1.75. The maximum Gasteiger partial charge on any atom is 0.420 e. The summed E-state index contributed by atoms with van der Waals surface area (Å²) in [4.78, 5) is 33.8. The van der Waals surface area contributed by atoms with Crippen molar-refractivity contribution in [3.63, 3.8) is 0 Å². The number of rotatable bonds is 13. The molecule has 3 rings (SSSR count). The molecule has 0 aliphatic heterocycles. The van der Waals surface area contributed by atoms with Gasteiger partial charge >= 0.3 is 12.1 Å². The van der Waals surface area contributed by atoms with Gasteiger partial charge in [0.05, 0.1) is 23.6 Å². The average molecular weight is 550 g/mol. The van der Waals surface area contributed by atoms with Crippen LogP contribution in [0.3, 0.4) is 0 Å². The van der Waals surface area contributed by atoms with E-state index in [1.807, 2.05) is 0 Å². The number of aromatic nitrogens is 2. The third-order valence-electron chi connectivity index (χ3n) is 5.57. The topological polar surface area (TPSA) is 81.6 Å². The van der Waals surface area contributed by atoms with Gasteiger partial charge in [-0.25, -0.2) is 4.98 Å². The van der Waals surface area contributed by atoms with E-state index in [9.17, 15) is 22.8 Å². The predicted molar refractivity (Wildman–Crippen MR) is 139 cm³/mol. The Balaban J connectivity index is 1.89. The highest BCUT2D eigenvalue weighted by Gasteiger charge is 2.36. The van der Waals surface area contributed by atoms with Crippen molar-refractivity contribution in [1.29, 1.82) is 0 Å². The van der Waals surface area contributed by atoms with Crippen molar-refractivity contribution in [3.8, 4) is 17.0 Å². The molecule has 0 radical (unpaired) electrons. The summed E-state index contributed by atoms with van der Waals surface area (Å²) in [6.07, 6.45) is 4.34. The maximum absolute atomic E-state index is 14.0. The standard InChI is InChI=1S/C27H30F3N3O4S/c1-3-4-5-6-7-8-14-36-24-12-11-21(15-22(24)27(28,29)30)33(25(35)17-37-19(2)34)26-32-23(18-38-26)20-10-9-13-31-16-20/h9-13,15-16,18H,3-8,14,17H2,1-2H3. The minimum absolute atomic E-state index is 0.0755. The molecule has 1 aromatic carbocycles. The number of alkyl halides is 3. The number of hydrogen-bond donors (Lipinski definition) is 0. The third kappa shape index (κ3) is 8.27. The molecule has 2 aromatic heterocycles. The normalized spacial score (nSPS) is 11.3. The van der Waals surface area contributed by atoms with Crippen molar-refractivity contribution in [3.05, 3.63) is 53.7 Å². The highest BCUT2D eigenvalue weighted by Crippen LogP contribution is 2.41.